The van der Waals surface area contributed by atoms with Crippen LogP contribution in [0.2, 0.25) is 0 Å². The summed E-state index contributed by atoms with van der Waals surface area (Å²) in [6, 6.07) is 6.85. The smallest absolute Gasteiger partial charge is 0.247 e. The second-order valence-electron chi connectivity index (χ2n) is 7.44. The van der Waals surface area contributed by atoms with E-state index in [0.717, 1.165) is 25.7 Å². The number of hydrogen-bond donors (Lipinski definition) is 2. The summed E-state index contributed by atoms with van der Waals surface area (Å²) in [6.45, 7) is 6.55. The third-order valence-electron chi connectivity index (χ3n) is 4.76. The first-order chi connectivity index (χ1) is 12.5. The Bertz CT molecular complexity index is 595. The molecular formula is C21H32N2O3. The molecule has 1 aromatic rings. The van der Waals surface area contributed by atoms with E-state index >= 15 is 0 Å². The number of benzene rings is 1. The van der Waals surface area contributed by atoms with Gasteiger partial charge in [0.25, 0.3) is 0 Å². The zero-order chi connectivity index (χ0) is 18.9. The van der Waals surface area contributed by atoms with Crippen molar-refractivity contribution in [1.29, 1.82) is 0 Å². The van der Waals surface area contributed by atoms with Gasteiger partial charge >= 0.3 is 0 Å². The van der Waals surface area contributed by atoms with Crippen LogP contribution < -0.4 is 15.4 Å². The third kappa shape index (κ3) is 6.04. The highest BCUT2D eigenvalue weighted by atomic mass is 16.5. The van der Waals surface area contributed by atoms with Gasteiger partial charge in [-0.25, -0.2) is 0 Å². The maximum Gasteiger partial charge on any atom is 0.247 e. The number of nitrogens with one attached hydrogen (secondary N) is 2. The maximum absolute atomic E-state index is 12.8. The number of ether oxygens (including phenoxy) is 1. The predicted octanol–water partition coefficient (Wildman–Crippen LogP) is 4.14. The summed E-state index contributed by atoms with van der Waals surface area (Å²) in [5, 5.41) is 5.93. The lowest BCUT2D eigenvalue weighted by molar-refractivity contribution is -0.130. The van der Waals surface area contributed by atoms with Gasteiger partial charge in [0.15, 0.2) is 0 Å². The van der Waals surface area contributed by atoms with Gasteiger partial charge in [-0.2, -0.15) is 0 Å². The fourth-order valence-corrected chi connectivity index (χ4v) is 3.43. The maximum atomic E-state index is 12.8. The SMILES string of the molecule is CCOc1ccccc1NC(=O)[C@@H](CC(C)C)NC(=O)C1CCCCC1. The Kier molecular flexibility index (Phi) is 7.95. The number of carbonyl (C=O) groups is 2. The van der Waals surface area contributed by atoms with Gasteiger partial charge < -0.3 is 15.4 Å². The first-order valence-corrected chi connectivity index (χ1v) is 9.84. The number of para-hydroxylation sites is 2. The van der Waals surface area contributed by atoms with Crippen LogP contribution in [0.25, 0.3) is 0 Å². The van der Waals surface area contributed by atoms with Crippen LogP contribution in [0.3, 0.4) is 0 Å². The van der Waals surface area contributed by atoms with Crippen LogP contribution in [0.5, 0.6) is 5.75 Å². The number of carbonyl (C=O) groups excluding carboxylic acids is 2. The molecule has 0 heterocycles. The fraction of sp³-hybridized carbons (Fsp3) is 0.619. The van der Waals surface area contributed by atoms with E-state index in [-0.39, 0.29) is 17.7 Å². The van der Waals surface area contributed by atoms with Crippen molar-refractivity contribution in [3.63, 3.8) is 0 Å². The van der Waals surface area contributed by atoms with E-state index in [4.69, 9.17) is 4.74 Å². The summed E-state index contributed by atoms with van der Waals surface area (Å²) in [5.41, 5.74) is 0.639. The van der Waals surface area contributed by atoms with Crippen molar-refractivity contribution in [1.82, 2.24) is 5.32 Å². The Morgan fingerprint density at radius 3 is 2.50 bits per heavy atom. The summed E-state index contributed by atoms with van der Waals surface area (Å²) in [6.07, 6.45) is 5.86. The molecule has 1 atom stereocenters. The molecule has 1 aromatic carbocycles. The topological polar surface area (TPSA) is 67.4 Å². The van der Waals surface area contributed by atoms with Crippen LogP contribution in [0.1, 0.15) is 59.3 Å². The Morgan fingerprint density at radius 2 is 1.85 bits per heavy atom. The Morgan fingerprint density at radius 1 is 1.15 bits per heavy atom. The molecule has 26 heavy (non-hydrogen) atoms. The minimum atomic E-state index is -0.529. The summed E-state index contributed by atoms with van der Waals surface area (Å²) in [7, 11) is 0. The van der Waals surface area contributed by atoms with Gasteiger partial charge in [-0.3, -0.25) is 9.59 Å². The first kappa shape index (κ1) is 20.3. The molecule has 2 N–H and O–H groups in total. The average molecular weight is 360 g/mol. The van der Waals surface area contributed by atoms with Crippen LogP contribution in [0.15, 0.2) is 24.3 Å². The van der Waals surface area contributed by atoms with E-state index in [0.29, 0.717) is 30.4 Å². The third-order valence-corrected chi connectivity index (χ3v) is 4.76. The van der Waals surface area contributed by atoms with E-state index in [9.17, 15) is 9.59 Å². The quantitative estimate of drug-likeness (QED) is 0.732. The van der Waals surface area contributed by atoms with Gasteiger partial charge in [-0.15, -0.1) is 0 Å². The molecule has 0 radical (unpaired) electrons. The summed E-state index contributed by atoms with van der Waals surface area (Å²) < 4.78 is 5.57. The number of anilines is 1. The van der Waals surface area contributed by atoms with Crippen molar-refractivity contribution in [3.8, 4) is 5.75 Å². The second-order valence-corrected chi connectivity index (χ2v) is 7.44. The first-order valence-electron chi connectivity index (χ1n) is 9.84. The molecule has 1 aliphatic rings. The Hall–Kier alpha value is -2.04. The monoisotopic (exact) mass is 360 g/mol. The molecule has 0 saturated heterocycles. The van der Waals surface area contributed by atoms with E-state index in [1.807, 2.05) is 31.2 Å². The fourth-order valence-electron chi connectivity index (χ4n) is 3.43. The highest BCUT2D eigenvalue weighted by Crippen LogP contribution is 2.26. The molecule has 2 amide bonds. The van der Waals surface area contributed by atoms with Gasteiger partial charge in [-0.05, 0) is 44.2 Å². The second kappa shape index (κ2) is 10.2. The standard InChI is InChI=1S/C21H32N2O3/c1-4-26-19-13-9-8-12-17(19)22-21(25)18(14-15(2)3)23-20(24)16-10-6-5-7-11-16/h8-9,12-13,15-16,18H,4-7,10-11,14H2,1-3H3,(H,22,25)(H,23,24)/t18-/m1/s1. The van der Waals surface area contributed by atoms with Crippen LogP contribution in [-0.4, -0.2) is 24.5 Å². The van der Waals surface area contributed by atoms with Crippen LogP contribution in [-0.2, 0) is 9.59 Å². The average Bonchev–Trinajstić information content (AvgIpc) is 2.63. The van der Waals surface area contributed by atoms with E-state index in [2.05, 4.69) is 24.5 Å². The zero-order valence-electron chi connectivity index (χ0n) is 16.2. The van der Waals surface area contributed by atoms with Gasteiger partial charge in [0.1, 0.15) is 11.8 Å². The summed E-state index contributed by atoms with van der Waals surface area (Å²) in [4.78, 5) is 25.4. The molecule has 0 spiro atoms. The zero-order valence-corrected chi connectivity index (χ0v) is 16.2. The van der Waals surface area contributed by atoms with Crippen molar-refractivity contribution in [2.45, 2.75) is 65.3 Å². The Balaban J connectivity index is 2.05. The molecule has 0 unspecified atom stereocenters. The Labute approximate surface area is 156 Å². The normalized spacial score (nSPS) is 16.2. The summed E-state index contributed by atoms with van der Waals surface area (Å²) in [5.74, 6) is 0.824. The van der Waals surface area contributed by atoms with Gasteiger partial charge in [-0.1, -0.05) is 45.2 Å². The predicted molar refractivity (Wildman–Crippen MR) is 104 cm³/mol. The minimum Gasteiger partial charge on any atom is -0.492 e. The lowest BCUT2D eigenvalue weighted by Gasteiger charge is -2.25. The van der Waals surface area contributed by atoms with Crippen molar-refractivity contribution in [2.24, 2.45) is 11.8 Å². The lowest BCUT2D eigenvalue weighted by Crippen LogP contribution is -2.47. The van der Waals surface area contributed by atoms with Crippen molar-refractivity contribution < 1.29 is 14.3 Å². The van der Waals surface area contributed by atoms with Crippen LogP contribution >= 0.6 is 0 Å². The molecule has 1 fully saturated rings. The molecule has 0 aliphatic heterocycles. The largest absolute Gasteiger partial charge is 0.492 e. The van der Waals surface area contributed by atoms with Crippen LogP contribution in [0.4, 0.5) is 5.69 Å². The molecule has 144 valence electrons. The molecule has 5 heteroatoms. The lowest BCUT2D eigenvalue weighted by atomic mass is 9.88. The highest BCUT2D eigenvalue weighted by molar-refractivity contribution is 5.98. The van der Waals surface area contributed by atoms with Crippen LogP contribution in [0, 0.1) is 11.8 Å². The van der Waals surface area contributed by atoms with Gasteiger partial charge in [0.05, 0.1) is 12.3 Å². The number of rotatable bonds is 8. The number of hydrogen-bond acceptors (Lipinski definition) is 3. The molecular weight excluding hydrogens is 328 g/mol. The van der Waals surface area contributed by atoms with Crippen molar-refractivity contribution in [2.75, 3.05) is 11.9 Å². The minimum absolute atomic E-state index is 0.0172. The van der Waals surface area contributed by atoms with Gasteiger partial charge in [0, 0.05) is 5.92 Å². The molecule has 0 bridgehead atoms. The molecule has 1 aliphatic carbocycles. The van der Waals surface area contributed by atoms with Gasteiger partial charge in [0.2, 0.25) is 11.8 Å². The molecule has 2 rings (SSSR count). The highest BCUT2D eigenvalue weighted by Gasteiger charge is 2.27. The van der Waals surface area contributed by atoms with E-state index in [1.54, 1.807) is 0 Å². The van der Waals surface area contributed by atoms with Crippen molar-refractivity contribution >= 4 is 17.5 Å². The van der Waals surface area contributed by atoms with Crippen molar-refractivity contribution in [3.05, 3.63) is 24.3 Å². The van der Waals surface area contributed by atoms with E-state index in [1.165, 1.54) is 6.42 Å². The summed E-state index contributed by atoms with van der Waals surface area (Å²) >= 11 is 0. The van der Waals surface area contributed by atoms with E-state index < -0.39 is 6.04 Å². The molecule has 1 saturated carbocycles. The molecule has 0 aromatic heterocycles. The number of amides is 2. The molecule has 5 nitrogen and oxygen atoms in total.